The lowest BCUT2D eigenvalue weighted by atomic mass is 10.1. The summed E-state index contributed by atoms with van der Waals surface area (Å²) in [6.45, 7) is 1.58. The quantitative estimate of drug-likeness (QED) is 0.163. The molecule has 0 radical (unpaired) electrons. The highest BCUT2D eigenvalue weighted by Crippen LogP contribution is 2.31. The van der Waals surface area contributed by atoms with Crippen LogP contribution in [0.3, 0.4) is 0 Å². The van der Waals surface area contributed by atoms with Crippen LogP contribution in [0, 0.1) is 5.82 Å². The largest absolute Gasteiger partial charge is 0.489 e. The molecule has 3 aromatic carbocycles. The molecular formula is C31H34BrClFNO9. The minimum absolute atomic E-state index is 0.0256. The van der Waals surface area contributed by atoms with Crippen molar-refractivity contribution < 1.29 is 47.1 Å². The van der Waals surface area contributed by atoms with Crippen LogP contribution in [0.25, 0.3) is 0 Å². The van der Waals surface area contributed by atoms with E-state index >= 15 is 0 Å². The van der Waals surface area contributed by atoms with Gasteiger partial charge < -0.3 is 38.1 Å². The summed E-state index contributed by atoms with van der Waals surface area (Å²) < 4.78 is 50.1. The van der Waals surface area contributed by atoms with E-state index in [2.05, 4.69) is 25.6 Å². The minimum atomic E-state index is -0.471. The minimum Gasteiger partial charge on any atom is -0.489 e. The second-order valence-electron chi connectivity index (χ2n) is 9.28. The van der Waals surface area contributed by atoms with Crippen molar-refractivity contribution in [1.29, 1.82) is 0 Å². The number of hydrogen-bond acceptors (Lipinski definition) is 10. The van der Waals surface area contributed by atoms with Gasteiger partial charge in [-0.25, -0.2) is 14.0 Å². The summed E-state index contributed by atoms with van der Waals surface area (Å²) >= 11 is 9.37. The van der Waals surface area contributed by atoms with E-state index in [0.717, 1.165) is 36.1 Å². The van der Waals surface area contributed by atoms with Crippen molar-refractivity contribution >= 4 is 45.2 Å². The molecule has 0 unspecified atom stereocenters. The Morgan fingerprint density at radius 2 is 1.39 bits per heavy atom. The van der Waals surface area contributed by atoms with Crippen molar-refractivity contribution in [3.05, 3.63) is 81.0 Å². The maximum Gasteiger partial charge on any atom is 0.341 e. The van der Waals surface area contributed by atoms with Crippen molar-refractivity contribution in [3.63, 3.8) is 0 Å². The Morgan fingerprint density at radius 1 is 0.818 bits per heavy atom. The maximum absolute atomic E-state index is 13.4. The van der Waals surface area contributed by atoms with Gasteiger partial charge in [0.2, 0.25) is 0 Å². The summed E-state index contributed by atoms with van der Waals surface area (Å²) in [5, 5.41) is 0.396. The van der Waals surface area contributed by atoms with Gasteiger partial charge in [-0.1, -0.05) is 27.5 Å². The van der Waals surface area contributed by atoms with E-state index in [1.165, 1.54) is 46.6 Å². The van der Waals surface area contributed by atoms with Crippen LogP contribution in [0.1, 0.15) is 33.6 Å². The summed E-state index contributed by atoms with van der Waals surface area (Å²) in [6, 6.07) is 14.5. The van der Waals surface area contributed by atoms with Gasteiger partial charge in [0.05, 0.1) is 19.2 Å². The van der Waals surface area contributed by atoms with E-state index in [1.807, 2.05) is 6.07 Å². The first-order valence-electron chi connectivity index (χ1n) is 13.4. The number of nitrogens with zero attached hydrogens (tertiary/aromatic N) is 1. The number of carbonyl (C=O) groups excluding carboxylic acids is 2. The van der Waals surface area contributed by atoms with Crippen LogP contribution < -0.4 is 19.1 Å². The first kappa shape index (κ1) is 34.9. The molecule has 4 rings (SSSR count). The van der Waals surface area contributed by atoms with Crippen molar-refractivity contribution in [2.24, 2.45) is 0 Å². The molecular weight excluding hydrogens is 665 g/mol. The number of anilines is 1. The van der Waals surface area contributed by atoms with Crippen LogP contribution in [0.2, 0.25) is 5.02 Å². The van der Waals surface area contributed by atoms with E-state index < -0.39 is 11.9 Å². The molecule has 1 aliphatic rings. The fourth-order valence-corrected chi connectivity index (χ4v) is 4.73. The van der Waals surface area contributed by atoms with Crippen LogP contribution in [-0.2, 0) is 18.9 Å². The molecule has 1 fully saturated rings. The van der Waals surface area contributed by atoms with Gasteiger partial charge in [-0.15, -0.1) is 0 Å². The Bertz CT molecular complexity index is 1400. The molecule has 0 N–H and O–H groups in total. The molecule has 0 saturated carbocycles. The summed E-state index contributed by atoms with van der Waals surface area (Å²) in [5.41, 5.74) is 1.64. The van der Waals surface area contributed by atoms with Gasteiger partial charge in [-0.3, -0.25) is 0 Å². The molecule has 10 nitrogen and oxygen atoms in total. The second-order valence-corrected chi connectivity index (χ2v) is 10.6. The number of ether oxygens (including phenoxy) is 7. The number of esters is 2. The predicted octanol–water partition coefficient (Wildman–Crippen LogP) is 6.51. The lowest BCUT2D eigenvalue weighted by Crippen LogP contribution is -2.38. The number of piperidine rings is 1. The molecule has 3 aromatic rings. The number of methoxy groups -OCH3 is 4. The molecule has 0 amide bonds. The molecule has 1 aliphatic heterocycles. The first-order chi connectivity index (χ1) is 21.2. The lowest BCUT2D eigenvalue weighted by Gasteiger charge is -2.34. The molecule has 0 bridgehead atoms. The maximum atomic E-state index is 13.4. The van der Waals surface area contributed by atoms with Crippen molar-refractivity contribution in [3.8, 4) is 17.2 Å². The predicted molar refractivity (Wildman–Crippen MR) is 166 cm³/mol. The van der Waals surface area contributed by atoms with E-state index in [1.54, 1.807) is 30.3 Å². The summed E-state index contributed by atoms with van der Waals surface area (Å²) in [6.07, 6.45) is 1.45. The number of rotatable bonds is 11. The Labute approximate surface area is 269 Å². The third-order valence-electron chi connectivity index (χ3n) is 6.38. The monoisotopic (exact) mass is 697 g/mol. The van der Waals surface area contributed by atoms with Gasteiger partial charge in [-0.05, 0) is 42.5 Å². The Balaban J connectivity index is 0.000000297. The standard InChI is InChI=1S/C21H23ClFNO5.C10H11BrO4/c1-26-13-28-19-12-15(4-5-17(19)21(25)27-2)24-9-7-16(8-10-24)29-20-11-14(23)3-6-18(20)22;1-13-6-15-9-5-7(11)3-4-8(9)10(12)14-2/h3-6,11-12,16H,7-10,13H2,1-2H3;3-5H,6H2,1-2H3. The van der Waals surface area contributed by atoms with Gasteiger partial charge in [0, 0.05) is 62.4 Å². The van der Waals surface area contributed by atoms with E-state index in [9.17, 15) is 14.0 Å². The molecule has 13 heteroatoms. The average Bonchev–Trinajstić information content (AvgIpc) is 3.04. The smallest absolute Gasteiger partial charge is 0.341 e. The third-order valence-corrected chi connectivity index (χ3v) is 7.18. The second kappa shape index (κ2) is 17.6. The number of halogens is 3. The highest BCUT2D eigenvalue weighted by molar-refractivity contribution is 9.10. The Kier molecular flexibility index (Phi) is 14.0. The first-order valence-corrected chi connectivity index (χ1v) is 14.6. The SMILES string of the molecule is COCOc1cc(Br)ccc1C(=O)OC.COCOc1cc(N2CCC(Oc3cc(F)ccc3Cl)CC2)ccc1C(=O)OC. The number of hydrogen-bond donors (Lipinski definition) is 0. The Hall–Kier alpha value is -3.58. The molecule has 0 aliphatic carbocycles. The van der Waals surface area contributed by atoms with Gasteiger partial charge >= 0.3 is 11.9 Å². The highest BCUT2D eigenvalue weighted by atomic mass is 79.9. The van der Waals surface area contributed by atoms with Crippen LogP contribution in [0.4, 0.5) is 10.1 Å². The van der Waals surface area contributed by atoms with Crippen LogP contribution in [0.5, 0.6) is 17.2 Å². The average molecular weight is 699 g/mol. The van der Waals surface area contributed by atoms with Crippen molar-refractivity contribution in [2.45, 2.75) is 18.9 Å². The lowest BCUT2D eigenvalue weighted by molar-refractivity contribution is 0.0458. The summed E-state index contributed by atoms with van der Waals surface area (Å²) in [4.78, 5) is 25.5. The summed E-state index contributed by atoms with van der Waals surface area (Å²) in [7, 11) is 5.67. The fourth-order valence-electron chi connectivity index (χ4n) is 4.22. The van der Waals surface area contributed by atoms with Gasteiger partial charge in [-0.2, -0.15) is 0 Å². The van der Waals surface area contributed by atoms with Crippen LogP contribution in [0.15, 0.2) is 59.1 Å². The van der Waals surface area contributed by atoms with Crippen molar-refractivity contribution in [1.82, 2.24) is 0 Å². The van der Waals surface area contributed by atoms with Gasteiger partial charge in [0.1, 0.15) is 40.3 Å². The van der Waals surface area contributed by atoms with E-state index in [-0.39, 0.29) is 25.5 Å². The zero-order valence-corrected chi connectivity index (χ0v) is 27.1. The van der Waals surface area contributed by atoms with E-state index in [0.29, 0.717) is 33.4 Å². The van der Waals surface area contributed by atoms with Gasteiger partial charge in [0.25, 0.3) is 0 Å². The molecule has 0 atom stereocenters. The molecule has 0 spiro atoms. The van der Waals surface area contributed by atoms with Crippen molar-refractivity contribution in [2.75, 3.05) is 60.0 Å². The summed E-state index contributed by atoms with van der Waals surface area (Å²) in [5.74, 6) is -0.0894. The molecule has 1 saturated heterocycles. The number of benzene rings is 3. The normalized spacial score (nSPS) is 12.9. The van der Waals surface area contributed by atoms with Crippen LogP contribution >= 0.6 is 27.5 Å². The van der Waals surface area contributed by atoms with Gasteiger partial charge in [0.15, 0.2) is 13.6 Å². The molecule has 1 heterocycles. The zero-order valence-electron chi connectivity index (χ0n) is 24.8. The fraction of sp³-hybridized carbons (Fsp3) is 0.355. The van der Waals surface area contributed by atoms with E-state index in [4.69, 9.17) is 40.0 Å². The molecule has 0 aromatic heterocycles. The highest BCUT2D eigenvalue weighted by Gasteiger charge is 2.23. The topological polar surface area (TPSA) is 102 Å². The Morgan fingerprint density at radius 3 is 1.95 bits per heavy atom. The zero-order chi connectivity index (χ0) is 32.1. The number of carbonyl (C=O) groups is 2. The molecule has 44 heavy (non-hydrogen) atoms. The molecule has 238 valence electrons. The van der Waals surface area contributed by atoms with Crippen LogP contribution in [-0.4, -0.2) is 73.2 Å². The third kappa shape index (κ3) is 9.98.